The number of methoxy groups -OCH3 is 1. The number of nitrogens with two attached hydrogens (primary N) is 1. The van der Waals surface area contributed by atoms with Crippen molar-refractivity contribution >= 4 is 47.1 Å². The van der Waals surface area contributed by atoms with Crippen LogP contribution in [-0.2, 0) is 4.79 Å². The lowest BCUT2D eigenvalue weighted by Gasteiger charge is -2.03. The largest absolute Gasteiger partial charge is 0.495 e. The van der Waals surface area contributed by atoms with Crippen LogP contribution in [0, 0.1) is 12.8 Å². The number of nitrogens with zero attached hydrogens (tertiary/aromatic N) is 1. The Hall–Kier alpha value is -2.93. The number of carbonyl (C=O) groups excluding carboxylic acids is 1. The van der Waals surface area contributed by atoms with Crippen LogP contribution in [0.2, 0.25) is 5.02 Å². The summed E-state index contributed by atoms with van der Waals surface area (Å²) in [5, 5.41) is 8.59. The average Bonchev–Trinajstić information content (AvgIpc) is 3.87. The molecule has 0 bridgehead atoms. The summed E-state index contributed by atoms with van der Waals surface area (Å²) in [6.07, 6.45) is 19.4. The van der Waals surface area contributed by atoms with E-state index in [0.29, 0.717) is 22.2 Å². The fraction of sp³-hybridized carbons (Fsp3) is 0.444. The van der Waals surface area contributed by atoms with E-state index >= 15 is 0 Å². The minimum Gasteiger partial charge on any atom is -0.495 e. The first-order chi connectivity index (χ1) is 18.0. The van der Waals surface area contributed by atoms with Gasteiger partial charge in [-0.1, -0.05) is 11.6 Å². The van der Waals surface area contributed by atoms with Crippen molar-refractivity contribution in [2.75, 3.05) is 13.7 Å². The van der Waals surface area contributed by atoms with Gasteiger partial charge in [-0.3, -0.25) is 9.59 Å². The van der Waals surface area contributed by atoms with Crippen LogP contribution in [0.3, 0.4) is 0 Å². The summed E-state index contributed by atoms with van der Waals surface area (Å²) in [6, 6.07) is 6.45. The van der Waals surface area contributed by atoms with Gasteiger partial charge in [0.15, 0.2) is 0 Å². The van der Waals surface area contributed by atoms with Crippen LogP contribution < -0.4 is 26.7 Å². The summed E-state index contributed by atoms with van der Waals surface area (Å²) in [7, 11) is 1.56. The molecule has 1 aromatic carbocycles. The molecular weight excluding hydrogens is 510 g/mol. The Bertz CT molecular complexity index is 1000. The Labute approximate surface area is 230 Å². The molecule has 2 aromatic rings. The summed E-state index contributed by atoms with van der Waals surface area (Å²) in [5.41, 5.74) is 4.83. The topological polar surface area (TPSA) is 122 Å². The van der Waals surface area contributed by atoms with E-state index in [4.69, 9.17) is 22.1 Å². The molecule has 3 fully saturated rings. The lowest BCUT2D eigenvalue weighted by Crippen LogP contribution is -2.16. The molecule has 2 heterocycles. The predicted molar refractivity (Wildman–Crippen MR) is 159 cm³/mol. The number of aromatic amines is 1. The Morgan fingerprint density at radius 2 is 1.89 bits per heavy atom. The molecule has 10 heteroatoms. The van der Waals surface area contributed by atoms with E-state index in [2.05, 4.69) is 52.9 Å². The second kappa shape index (κ2) is 21.2. The van der Waals surface area contributed by atoms with E-state index in [1.165, 1.54) is 51.4 Å². The van der Waals surface area contributed by atoms with E-state index in [-0.39, 0.29) is 5.56 Å². The van der Waals surface area contributed by atoms with Gasteiger partial charge in [0.25, 0.3) is 5.56 Å². The molecule has 2 saturated carbocycles. The van der Waals surface area contributed by atoms with Gasteiger partial charge in [-0.15, -0.1) is 26.0 Å². The van der Waals surface area contributed by atoms with Crippen molar-refractivity contribution < 1.29 is 9.53 Å². The van der Waals surface area contributed by atoms with Crippen molar-refractivity contribution in [2.45, 2.75) is 62.8 Å². The number of aromatic nitrogens is 1. The van der Waals surface area contributed by atoms with Gasteiger partial charge in [0.2, 0.25) is 6.41 Å². The zero-order valence-corrected chi connectivity index (χ0v) is 23.3. The molecule has 37 heavy (non-hydrogen) atoms. The number of hydrogen-bond acceptors (Lipinski definition) is 6. The maximum absolute atomic E-state index is 11.4. The van der Waals surface area contributed by atoms with E-state index in [1.807, 2.05) is 0 Å². The zero-order valence-electron chi connectivity index (χ0n) is 21.8. The fourth-order valence-corrected chi connectivity index (χ4v) is 3.64. The number of terminal acetylenes is 1. The molecule has 1 atom stereocenters. The van der Waals surface area contributed by atoms with Gasteiger partial charge in [0.05, 0.1) is 18.8 Å². The van der Waals surface area contributed by atoms with Crippen molar-refractivity contribution in [3.8, 4) is 18.6 Å². The minimum atomic E-state index is -0.164. The Balaban J connectivity index is 0.000000479. The molecule has 1 amide bonds. The number of rotatable bonds is 5. The van der Waals surface area contributed by atoms with Gasteiger partial charge in [0.1, 0.15) is 5.75 Å². The number of hydrogen-bond donors (Lipinski definition) is 4. The number of amides is 1. The van der Waals surface area contributed by atoms with Crippen LogP contribution in [0.4, 0.5) is 0 Å². The average molecular weight is 550 g/mol. The summed E-state index contributed by atoms with van der Waals surface area (Å²) >= 11 is 7.38. The van der Waals surface area contributed by atoms with Crippen LogP contribution >= 0.6 is 23.5 Å². The highest BCUT2D eigenvalue weighted by Gasteiger charge is 2.21. The molecule has 3 aliphatic rings. The molecule has 1 saturated heterocycles. The molecular formula is C27H40ClN5O3S. The SMILES string of the molecule is C#C.C=C.COc1c[nH]c(=O)c2cc(Cl)ccc12.C[C@@H]1CCCN1.N/C=N/SC1CC1.O=CNC1CC1. The monoisotopic (exact) mass is 549 g/mol. The molecule has 0 spiro atoms. The quantitative estimate of drug-likeness (QED) is 0.107. The van der Waals surface area contributed by atoms with Crippen molar-refractivity contribution in [1.82, 2.24) is 15.6 Å². The first-order valence-corrected chi connectivity index (χ1v) is 13.2. The number of H-pyrrole nitrogens is 1. The van der Waals surface area contributed by atoms with E-state index in [0.717, 1.165) is 23.1 Å². The highest BCUT2D eigenvalue weighted by molar-refractivity contribution is 7.99. The van der Waals surface area contributed by atoms with Crippen LogP contribution in [-0.4, -0.2) is 48.7 Å². The van der Waals surface area contributed by atoms with Crippen LogP contribution in [0.25, 0.3) is 10.8 Å². The summed E-state index contributed by atoms with van der Waals surface area (Å²) in [6.45, 7) is 9.47. The van der Waals surface area contributed by atoms with Crippen LogP contribution in [0.15, 0.2) is 46.7 Å². The van der Waals surface area contributed by atoms with Crippen molar-refractivity contribution in [1.29, 1.82) is 0 Å². The lowest BCUT2D eigenvalue weighted by molar-refractivity contribution is -0.109. The predicted octanol–water partition coefficient (Wildman–Crippen LogP) is 4.68. The molecule has 8 nitrogen and oxygen atoms in total. The first-order valence-electron chi connectivity index (χ1n) is 12.0. The number of carbonyl (C=O) groups is 1. The van der Waals surface area contributed by atoms with Gasteiger partial charge in [-0.25, -0.2) is 4.40 Å². The van der Waals surface area contributed by atoms with Crippen molar-refractivity contribution in [3.63, 3.8) is 0 Å². The van der Waals surface area contributed by atoms with Crippen LogP contribution in [0.1, 0.15) is 45.4 Å². The first kappa shape index (κ1) is 34.1. The van der Waals surface area contributed by atoms with E-state index < -0.39 is 0 Å². The molecule has 5 N–H and O–H groups in total. The minimum absolute atomic E-state index is 0.164. The Morgan fingerprint density at radius 1 is 1.22 bits per heavy atom. The highest BCUT2D eigenvalue weighted by Crippen LogP contribution is 2.34. The van der Waals surface area contributed by atoms with Crippen molar-refractivity contribution in [2.24, 2.45) is 10.1 Å². The molecule has 0 radical (unpaired) electrons. The third-order valence-corrected chi connectivity index (χ3v) is 6.28. The number of ether oxygens (including phenoxy) is 1. The van der Waals surface area contributed by atoms with Gasteiger partial charge in [-0.05, 0) is 82.1 Å². The molecule has 2 aliphatic carbocycles. The van der Waals surface area contributed by atoms with Gasteiger partial charge in [0, 0.05) is 33.9 Å². The number of benzene rings is 1. The second-order valence-electron chi connectivity index (χ2n) is 7.99. The summed E-state index contributed by atoms with van der Waals surface area (Å²) in [4.78, 5) is 23.6. The maximum Gasteiger partial charge on any atom is 0.256 e. The second-order valence-corrected chi connectivity index (χ2v) is 9.52. The van der Waals surface area contributed by atoms with E-state index in [9.17, 15) is 9.59 Å². The number of nitrogens with one attached hydrogen (secondary N) is 3. The van der Waals surface area contributed by atoms with E-state index in [1.54, 1.807) is 43.5 Å². The van der Waals surface area contributed by atoms with Gasteiger partial charge < -0.3 is 26.1 Å². The fourth-order valence-electron chi connectivity index (χ4n) is 2.87. The Morgan fingerprint density at radius 3 is 2.30 bits per heavy atom. The number of fused-ring (bicyclic) bond motifs is 1. The molecule has 204 valence electrons. The smallest absolute Gasteiger partial charge is 0.256 e. The normalized spacial score (nSPS) is 16.9. The molecule has 1 aliphatic heterocycles. The lowest BCUT2D eigenvalue weighted by atomic mass is 10.1. The highest BCUT2D eigenvalue weighted by atomic mass is 35.5. The summed E-state index contributed by atoms with van der Waals surface area (Å²) < 4.78 is 8.91. The number of halogens is 1. The molecule has 1 aromatic heterocycles. The number of pyridine rings is 1. The summed E-state index contributed by atoms with van der Waals surface area (Å²) in [5.74, 6) is 0.635. The molecule has 5 rings (SSSR count). The zero-order chi connectivity index (χ0) is 28.1. The molecule has 0 unspecified atom stereocenters. The standard InChI is InChI=1S/C10H8ClNO2.C5H11N.C4H8N2S.C4H7NO.C2H4.C2H2/c1-14-9-5-12-10(13)8-4-6(11)2-3-7(8)9;1-5-3-2-4-6-5;5-3-6-7-4-1-2-4;6-3-5-4-1-2-4;2*1-2/h2-5H,1H3,(H,12,13);5-6H,2-4H2,1H3;3-4H,1-2H2,(H2,5,6);3-4H,1-2H2,(H,5,6);1-2H2;1-2H/t;5-;;;;/m.1..../s1. The van der Waals surface area contributed by atoms with Crippen molar-refractivity contribution in [3.05, 3.63) is 52.9 Å². The van der Waals surface area contributed by atoms with Gasteiger partial charge in [-0.2, -0.15) is 0 Å². The maximum atomic E-state index is 11.4. The third-order valence-electron chi connectivity index (χ3n) is 5.03. The van der Waals surface area contributed by atoms with Gasteiger partial charge >= 0.3 is 0 Å². The van der Waals surface area contributed by atoms with Crippen LogP contribution in [0.5, 0.6) is 5.75 Å². The third kappa shape index (κ3) is 15.7. The Kier molecular flexibility index (Phi) is 19.5.